The molecule has 2 saturated heterocycles. The number of anilines is 1. The van der Waals surface area contributed by atoms with Gasteiger partial charge in [0.05, 0.1) is 0 Å². The van der Waals surface area contributed by atoms with Crippen molar-refractivity contribution < 1.29 is 23.9 Å². The summed E-state index contributed by atoms with van der Waals surface area (Å²) in [5, 5.41) is 5.59. The molecule has 0 radical (unpaired) electrons. The van der Waals surface area contributed by atoms with Crippen molar-refractivity contribution in [2.45, 2.75) is 24.9 Å². The van der Waals surface area contributed by atoms with E-state index in [0.717, 1.165) is 11.4 Å². The van der Waals surface area contributed by atoms with Crippen molar-refractivity contribution in [3.63, 3.8) is 0 Å². The number of rotatable bonds is 5. The van der Waals surface area contributed by atoms with Crippen LogP contribution in [0, 0.1) is 0 Å². The van der Waals surface area contributed by atoms with Crippen LogP contribution in [0.5, 0.6) is 11.5 Å². The smallest absolute Gasteiger partial charge is 0.325 e. The summed E-state index contributed by atoms with van der Waals surface area (Å²) in [5.41, 5.74) is 0.801. The van der Waals surface area contributed by atoms with Crippen LogP contribution in [0.2, 0.25) is 0 Å². The Balaban J connectivity index is 1.18. The largest absolute Gasteiger partial charge is 0.486 e. The molecule has 2 aromatic rings. The molecule has 1 spiro atoms. The molecule has 33 heavy (non-hydrogen) atoms. The third kappa shape index (κ3) is 4.36. The number of benzene rings is 2. The summed E-state index contributed by atoms with van der Waals surface area (Å²) in [5.74, 6) is 0.391. The number of hydrogen-bond acceptors (Lipinski definition) is 6. The summed E-state index contributed by atoms with van der Waals surface area (Å²) in [6, 6.07) is 14.7. The third-order valence-electron chi connectivity index (χ3n) is 6.33. The molecule has 0 unspecified atom stereocenters. The number of carbonyl (C=O) groups is 3. The molecule has 4 amide bonds. The Bertz CT molecular complexity index is 1070. The van der Waals surface area contributed by atoms with Crippen LogP contribution in [-0.2, 0) is 16.1 Å². The van der Waals surface area contributed by atoms with Gasteiger partial charge in [-0.05, 0) is 30.5 Å². The summed E-state index contributed by atoms with van der Waals surface area (Å²) in [4.78, 5) is 41.6. The van der Waals surface area contributed by atoms with E-state index in [2.05, 4.69) is 27.7 Å². The number of fused-ring (bicyclic) bond motifs is 1. The highest BCUT2D eigenvalue weighted by molar-refractivity contribution is 6.10. The van der Waals surface area contributed by atoms with E-state index in [1.54, 1.807) is 18.2 Å². The molecule has 0 aliphatic carbocycles. The van der Waals surface area contributed by atoms with E-state index in [1.807, 2.05) is 18.2 Å². The molecule has 2 N–H and O–H groups in total. The van der Waals surface area contributed by atoms with Gasteiger partial charge in [0.25, 0.3) is 5.91 Å². The zero-order valence-electron chi connectivity index (χ0n) is 18.2. The van der Waals surface area contributed by atoms with Crippen molar-refractivity contribution in [2.75, 3.05) is 38.2 Å². The summed E-state index contributed by atoms with van der Waals surface area (Å²) in [6.45, 7) is 2.78. The van der Waals surface area contributed by atoms with Gasteiger partial charge in [0.1, 0.15) is 25.3 Å². The minimum absolute atomic E-state index is 0.329. The van der Waals surface area contributed by atoms with E-state index in [0.29, 0.717) is 56.3 Å². The van der Waals surface area contributed by atoms with Gasteiger partial charge in [-0.1, -0.05) is 30.3 Å². The summed E-state index contributed by atoms with van der Waals surface area (Å²) < 4.78 is 11.0. The number of hydrogen-bond donors (Lipinski definition) is 2. The molecule has 2 aromatic carbocycles. The van der Waals surface area contributed by atoms with Crippen molar-refractivity contribution in [1.29, 1.82) is 0 Å². The normalized spacial score (nSPS) is 19.5. The maximum absolute atomic E-state index is 13.1. The molecule has 5 rings (SSSR count). The van der Waals surface area contributed by atoms with Crippen LogP contribution >= 0.6 is 0 Å². The molecule has 3 aliphatic heterocycles. The Morgan fingerprint density at radius 3 is 2.48 bits per heavy atom. The molecule has 3 aliphatic rings. The van der Waals surface area contributed by atoms with Crippen LogP contribution in [0.25, 0.3) is 0 Å². The molecule has 3 heterocycles. The van der Waals surface area contributed by atoms with E-state index in [-0.39, 0.29) is 12.5 Å². The lowest BCUT2D eigenvalue weighted by Gasteiger charge is -2.37. The van der Waals surface area contributed by atoms with Crippen LogP contribution in [0.4, 0.5) is 10.5 Å². The molecule has 0 atom stereocenters. The monoisotopic (exact) mass is 450 g/mol. The number of nitrogens with zero attached hydrogens (tertiary/aromatic N) is 2. The van der Waals surface area contributed by atoms with Crippen molar-refractivity contribution in [3.8, 4) is 11.5 Å². The van der Waals surface area contributed by atoms with Crippen LogP contribution < -0.4 is 20.1 Å². The molecular weight excluding hydrogens is 424 g/mol. The number of imide groups is 1. The van der Waals surface area contributed by atoms with Crippen LogP contribution in [0.3, 0.4) is 0 Å². The molecule has 9 nitrogen and oxygen atoms in total. The van der Waals surface area contributed by atoms with Crippen LogP contribution in [-0.4, -0.2) is 66.0 Å². The second-order valence-corrected chi connectivity index (χ2v) is 8.57. The maximum atomic E-state index is 13.1. The standard InChI is InChI=1S/C24H26N4O5/c29-21(25-18-6-7-19-20(14-18)33-13-12-32-19)16-28-22(30)24(26-23(28)31)8-10-27(11-9-24)15-17-4-2-1-3-5-17/h1-7,14H,8-13,15-16H2,(H,25,29)(H,26,31). The lowest BCUT2D eigenvalue weighted by molar-refractivity contribution is -0.135. The van der Waals surface area contributed by atoms with E-state index in [1.165, 1.54) is 5.56 Å². The van der Waals surface area contributed by atoms with Gasteiger partial charge in [-0.25, -0.2) is 4.79 Å². The average molecular weight is 450 g/mol. The fraction of sp³-hybridized carbons (Fsp3) is 0.375. The van der Waals surface area contributed by atoms with Gasteiger partial charge in [-0.3, -0.25) is 19.4 Å². The Morgan fingerprint density at radius 1 is 1.00 bits per heavy atom. The van der Waals surface area contributed by atoms with Gasteiger partial charge in [0.15, 0.2) is 11.5 Å². The minimum atomic E-state index is -0.929. The highest BCUT2D eigenvalue weighted by Crippen LogP contribution is 2.33. The van der Waals surface area contributed by atoms with Crippen molar-refractivity contribution in [3.05, 3.63) is 54.1 Å². The lowest BCUT2D eigenvalue weighted by Crippen LogP contribution is -2.54. The third-order valence-corrected chi connectivity index (χ3v) is 6.33. The van der Waals surface area contributed by atoms with E-state index in [9.17, 15) is 14.4 Å². The zero-order chi connectivity index (χ0) is 22.8. The highest BCUT2D eigenvalue weighted by Gasteiger charge is 2.52. The van der Waals surface area contributed by atoms with E-state index in [4.69, 9.17) is 9.47 Å². The SMILES string of the molecule is O=C(CN1C(=O)NC2(CCN(Cc3ccccc3)CC2)C1=O)Nc1ccc2c(c1)OCCO2. The molecule has 172 valence electrons. The summed E-state index contributed by atoms with van der Waals surface area (Å²) in [6.07, 6.45) is 1.04. The van der Waals surface area contributed by atoms with Crippen molar-refractivity contribution >= 4 is 23.5 Å². The van der Waals surface area contributed by atoms with Crippen molar-refractivity contribution in [2.24, 2.45) is 0 Å². The fourth-order valence-corrected chi connectivity index (χ4v) is 4.56. The Labute approximate surface area is 191 Å². The first-order valence-corrected chi connectivity index (χ1v) is 11.1. The first-order valence-electron chi connectivity index (χ1n) is 11.1. The Morgan fingerprint density at radius 2 is 1.73 bits per heavy atom. The number of likely N-dealkylation sites (tertiary alicyclic amines) is 1. The zero-order valence-corrected chi connectivity index (χ0v) is 18.2. The van der Waals surface area contributed by atoms with Crippen LogP contribution in [0.15, 0.2) is 48.5 Å². The first kappa shape index (κ1) is 21.3. The number of nitrogens with one attached hydrogen (secondary N) is 2. The predicted octanol–water partition coefficient (Wildman–Crippen LogP) is 1.98. The molecule has 0 saturated carbocycles. The second kappa shape index (κ2) is 8.74. The van der Waals surface area contributed by atoms with Gasteiger partial charge in [0, 0.05) is 31.4 Å². The highest BCUT2D eigenvalue weighted by atomic mass is 16.6. The summed E-state index contributed by atoms with van der Waals surface area (Å²) in [7, 11) is 0. The Hall–Kier alpha value is -3.59. The second-order valence-electron chi connectivity index (χ2n) is 8.57. The lowest BCUT2D eigenvalue weighted by atomic mass is 9.87. The van der Waals surface area contributed by atoms with Gasteiger partial charge in [-0.15, -0.1) is 0 Å². The Kier molecular flexibility index (Phi) is 5.63. The predicted molar refractivity (Wildman–Crippen MR) is 120 cm³/mol. The number of ether oxygens (including phenoxy) is 2. The number of amides is 4. The van der Waals surface area contributed by atoms with Crippen LogP contribution in [0.1, 0.15) is 18.4 Å². The van der Waals surface area contributed by atoms with E-state index >= 15 is 0 Å². The van der Waals surface area contributed by atoms with E-state index < -0.39 is 17.5 Å². The molecule has 0 bridgehead atoms. The fourth-order valence-electron chi connectivity index (χ4n) is 4.56. The van der Waals surface area contributed by atoms with Gasteiger partial charge in [0.2, 0.25) is 5.91 Å². The molecular formula is C24H26N4O5. The van der Waals surface area contributed by atoms with Gasteiger partial charge < -0.3 is 20.1 Å². The maximum Gasteiger partial charge on any atom is 0.325 e. The van der Waals surface area contributed by atoms with Gasteiger partial charge in [-0.2, -0.15) is 0 Å². The molecule has 2 fully saturated rings. The topological polar surface area (TPSA) is 100 Å². The first-order chi connectivity index (χ1) is 16.0. The summed E-state index contributed by atoms with van der Waals surface area (Å²) >= 11 is 0. The molecule has 0 aromatic heterocycles. The number of piperidine rings is 1. The van der Waals surface area contributed by atoms with Crippen molar-refractivity contribution in [1.82, 2.24) is 15.1 Å². The average Bonchev–Trinajstić information content (AvgIpc) is 3.05. The quantitative estimate of drug-likeness (QED) is 0.676. The number of urea groups is 1. The minimum Gasteiger partial charge on any atom is -0.486 e. The number of carbonyl (C=O) groups excluding carboxylic acids is 3. The molecule has 9 heteroatoms. The van der Waals surface area contributed by atoms with Gasteiger partial charge >= 0.3 is 6.03 Å².